The van der Waals surface area contributed by atoms with Crippen molar-refractivity contribution < 1.29 is 0 Å². The highest BCUT2D eigenvalue weighted by Gasteiger charge is 2.14. The van der Waals surface area contributed by atoms with Crippen molar-refractivity contribution in [1.29, 1.82) is 0 Å². The van der Waals surface area contributed by atoms with E-state index in [1.807, 2.05) is 28.9 Å². The lowest BCUT2D eigenvalue weighted by Gasteiger charge is -2.10. The van der Waals surface area contributed by atoms with E-state index >= 15 is 0 Å². The number of hydrogen-bond acceptors (Lipinski definition) is 3. The van der Waals surface area contributed by atoms with E-state index in [2.05, 4.69) is 40.1 Å². The number of nitrogens with two attached hydrogens (primary N) is 1. The van der Waals surface area contributed by atoms with Crippen LogP contribution in [0.3, 0.4) is 0 Å². The summed E-state index contributed by atoms with van der Waals surface area (Å²) in [5.41, 5.74) is 8.71. The number of aromatic nitrogens is 3. The molecule has 0 saturated heterocycles. The number of hydrogen-bond donors (Lipinski definition) is 1. The van der Waals surface area contributed by atoms with Crippen molar-refractivity contribution >= 4 is 15.9 Å². The molecule has 1 aromatic carbocycles. The lowest BCUT2D eigenvalue weighted by Crippen LogP contribution is -2.09. The summed E-state index contributed by atoms with van der Waals surface area (Å²) in [7, 11) is 0. The zero-order chi connectivity index (χ0) is 13.1. The monoisotopic (exact) mass is 308 g/mol. The zero-order valence-corrected chi connectivity index (χ0v) is 12.2. The summed E-state index contributed by atoms with van der Waals surface area (Å²) in [6.45, 7) is 4.78. The first-order chi connectivity index (χ1) is 8.61. The first-order valence-corrected chi connectivity index (χ1v) is 6.80. The zero-order valence-electron chi connectivity index (χ0n) is 10.6. The van der Waals surface area contributed by atoms with Crippen LogP contribution in [0, 0.1) is 5.92 Å². The third kappa shape index (κ3) is 2.79. The summed E-state index contributed by atoms with van der Waals surface area (Å²) >= 11 is 3.47. The van der Waals surface area contributed by atoms with Gasteiger partial charge >= 0.3 is 0 Å². The SMILES string of the molecule is CC(C)Cc1c(CN)nnn1-c1cccc(Br)c1. The van der Waals surface area contributed by atoms with Gasteiger partial charge in [-0.15, -0.1) is 5.10 Å². The van der Waals surface area contributed by atoms with E-state index < -0.39 is 0 Å². The maximum Gasteiger partial charge on any atom is 0.0999 e. The molecule has 5 heteroatoms. The van der Waals surface area contributed by atoms with Gasteiger partial charge in [0.25, 0.3) is 0 Å². The van der Waals surface area contributed by atoms with Crippen molar-refractivity contribution in [3.05, 3.63) is 40.1 Å². The molecule has 2 rings (SSSR count). The quantitative estimate of drug-likeness (QED) is 0.944. The van der Waals surface area contributed by atoms with Gasteiger partial charge in [0.1, 0.15) is 0 Å². The summed E-state index contributed by atoms with van der Waals surface area (Å²) in [5.74, 6) is 0.541. The van der Waals surface area contributed by atoms with Crippen LogP contribution in [0.15, 0.2) is 28.7 Å². The molecule has 0 unspecified atom stereocenters. The van der Waals surface area contributed by atoms with Crippen molar-refractivity contribution in [2.45, 2.75) is 26.8 Å². The Balaban J connectivity index is 2.47. The van der Waals surface area contributed by atoms with Gasteiger partial charge in [0.15, 0.2) is 0 Å². The second-order valence-electron chi connectivity index (χ2n) is 4.68. The van der Waals surface area contributed by atoms with Crippen LogP contribution in [0.1, 0.15) is 25.2 Å². The Morgan fingerprint density at radius 2 is 2.17 bits per heavy atom. The molecule has 18 heavy (non-hydrogen) atoms. The topological polar surface area (TPSA) is 56.7 Å². The fourth-order valence-electron chi connectivity index (χ4n) is 1.90. The molecule has 0 aliphatic carbocycles. The first-order valence-electron chi connectivity index (χ1n) is 6.01. The highest BCUT2D eigenvalue weighted by atomic mass is 79.9. The maximum absolute atomic E-state index is 5.72. The van der Waals surface area contributed by atoms with Crippen molar-refractivity contribution in [2.24, 2.45) is 11.7 Å². The smallest absolute Gasteiger partial charge is 0.0999 e. The van der Waals surface area contributed by atoms with Crippen LogP contribution in [-0.4, -0.2) is 15.0 Å². The van der Waals surface area contributed by atoms with Crippen LogP contribution >= 0.6 is 15.9 Å². The number of rotatable bonds is 4. The van der Waals surface area contributed by atoms with Crippen LogP contribution < -0.4 is 5.73 Å². The van der Waals surface area contributed by atoms with E-state index in [0.29, 0.717) is 12.5 Å². The summed E-state index contributed by atoms with van der Waals surface area (Å²) in [4.78, 5) is 0. The van der Waals surface area contributed by atoms with Gasteiger partial charge in [-0.05, 0) is 30.5 Å². The van der Waals surface area contributed by atoms with E-state index in [1.54, 1.807) is 0 Å². The van der Waals surface area contributed by atoms with Crippen LogP contribution in [0.4, 0.5) is 0 Å². The standard InChI is InChI=1S/C13H17BrN4/c1-9(2)6-13-12(8-15)16-17-18(13)11-5-3-4-10(14)7-11/h3-5,7,9H,6,8,15H2,1-2H3. The number of nitrogens with zero attached hydrogens (tertiary/aromatic N) is 3. The van der Waals surface area contributed by atoms with Gasteiger partial charge in [0, 0.05) is 11.0 Å². The fourth-order valence-corrected chi connectivity index (χ4v) is 2.28. The predicted octanol–water partition coefficient (Wildman–Crippen LogP) is 2.69. The number of halogens is 1. The van der Waals surface area contributed by atoms with Gasteiger partial charge in [-0.25, -0.2) is 4.68 Å². The Kier molecular flexibility index (Phi) is 4.14. The molecular weight excluding hydrogens is 292 g/mol. The molecule has 1 aromatic heterocycles. The second kappa shape index (κ2) is 5.63. The van der Waals surface area contributed by atoms with Crippen LogP contribution in [-0.2, 0) is 13.0 Å². The van der Waals surface area contributed by atoms with Gasteiger partial charge in [0.2, 0.25) is 0 Å². The molecule has 0 spiro atoms. The molecular formula is C13H17BrN4. The van der Waals surface area contributed by atoms with E-state index in [0.717, 1.165) is 28.0 Å². The maximum atomic E-state index is 5.72. The number of benzene rings is 1. The molecule has 0 atom stereocenters. The molecule has 96 valence electrons. The van der Waals surface area contributed by atoms with Gasteiger partial charge < -0.3 is 5.73 Å². The lowest BCUT2D eigenvalue weighted by atomic mass is 10.1. The molecule has 1 heterocycles. The largest absolute Gasteiger partial charge is 0.325 e. The molecule has 0 fully saturated rings. The highest BCUT2D eigenvalue weighted by Crippen LogP contribution is 2.19. The Bertz CT molecular complexity index is 534. The van der Waals surface area contributed by atoms with Gasteiger partial charge in [-0.1, -0.05) is 41.1 Å². The third-order valence-corrected chi connectivity index (χ3v) is 3.18. The Morgan fingerprint density at radius 1 is 1.39 bits per heavy atom. The summed E-state index contributed by atoms with van der Waals surface area (Å²) in [6, 6.07) is 8.02. The molecule has 0 aliphatic heterocycles. The molecule has 0 radical (unpaired) electrons. The molecule has 2 N–H and O–H groups in total. The van der Waals surface area contributed by atoms with Gasteiger partial charge in [-0.2, -0.15) is 0 Å². The average Bonchev–Trinajstić information content (AvgIpc) is 2.71. The molecule has 0 saturated carbocycles. The third-order valence-electron chi connectivity index (χ3n) is 2.69. The van der Waals surface area contributed by atoms with Crippen molar-refractivity contribution in [2.75, 3.05) is 0 Å². The van der Waals surface area contributed by atoms with Crippen LogP contribution in [0.5, 0.6) is 0 Å². The Labute approximate surface area is 115 Å². The molecule has 0 amide bonds. The molecule has 4 nitrogen and oxygen atoms in total. The minimum absolute atomic E-state index is 0.427. The van der Waals surface area contributed by atoms with Gasteiger partial charge in [0.05, 0.1) is 17.1 Å². The summed E-state index contributed by atoms with van der Waals surface area (Å²) < 4.78 is 2.91. The fraction of sp³-hybridized carbons (Fsp3) is 0.385. The summed E-state index contributed by atoms with van der Waals surface area (Å²) in [6.07, 6.45) is 0.923. The second-order valence-corrected chi connectivity index (χ2v) is 5.59. The van der Waals surface area contributed by atoms with E-state index in [-0.39, 0.29) is 0 Å². The van der Waals surface area contributed by atoms with Crippen molar-refractivity contribution in [3.63, 3.8) is 0 Å². The van der Waals surface area contributed by atoms with E-state index in [4.69, 9.17) is 5.73 Å². The highest BCUT2D eigenvalue weighted by molar-refractivity contribution is 9.10. The van der Waals surface area contributed by atoms with Crippen LogP contribution in [0.2, 0.25) is 0 Å². The minimum atomic E-state index is 0.427. The Hall–Kier alpha value is -1.20. The van der Waals surface area contributed by atoms with Crippen LogP contribution in [0.25, 0.3) is 5.69 Å². The lowest BCUT2D eigenvalue weighted by molar-refractivity contribution is 0.611. The minimum Gasteiger partial charge on any atom is -0.325 e. The first kappa shape index (κ1) is 13.2. The average molecular weight is 309 g/mol. The Morgan fingerprint density at radius 3 is 2.78 bits per heavy atom. The van der Waals surface area contributed by atoms with Gasteiger partial charge in [-0.3, -0.25) is 0 Å². The van der Waals surface area contributed by atoms with Crippen molar-refractivity contribution in [1.82, 2.24) is 15.0 Å². The molecule has 0 aliphatic rings. The molecule has 2 aromatic rings. The van der Waals surface area contributed by atoms with E-state index in [1.165, 1.54) is 0 Å². The predicted molar refractivity (Wildman–Crippen MR) is 75.5 cm³/mol. The van der Waals surface area contributed by atoms with Crippen molar-refractivity contribution in [3.8, 4) is 5.69 Å². The summed E-state index contributed by atoms with van der Waals surface area (Å²) in [5, 5.41) is 8.38. The normalized spacial score (nSPS) is 11.2. The van der Waals surface area contributed by atoms with E-state index in [9.17, 15) is 0 Å². The molecule has 0 bridgehead atoms.